The van der Waals surface area contributed by atoms with Crippen LogP contribution in [0, 0.1) is 0 Å². The number of rotatable bonds is 5. The van der Waals surface area contributed by atoms with Gasteiger partial charge in [0.25, 0.3) is 5.91 Å². The van der Waals surface area contributed by atoms with Gasteiger partial charge in [-0.3, -0.25) is 9.78 Å². The van der Waals surface area contributed by atoms with Crippen LogP contribution in [0.4, 0.5) is 5.69 Å². The highest BCUT2D eigenvalue weighted by molar-refractivity contribution is 5.99. The van der Waals surface area contributed by atoms with E-state index >= 15 is 0 Å². The zero-order valence-corrected chi connectivity index (χ0v) is 10.1. The van der Waals surface area contributed by atoms with E-state index in [9.17, 15) is 4.79 Å². The monoisotopic (exact) mass is 221 g/mol. The molecule has 0 aliphatic heterocycles. The van der Waals surface area contributed by atoms with Crippen LogP contribution in [0.25, 0.3) is 0 Å². The van der Waals surface area contributed by atoms with Crippen molar-refractivity contribution in [1.29, 1.82) is 0 Å². The molecule has 0 fully saturated rings. The first kappa shape index (κ1) is 12.5. The van der Waals surface area contributed by atoms with Crippen LogP contribution in [-0.4, -0.2) is 23.5 Å². The number of pyridine rings is 1. The maximum Gasteiger partial charge on any atom is 0.255 e. The molecule has 2 N–H and O–H groups in total. The van der Waals surface area contributed by atoms with Crippen LogP contribution in [0.2, 0.25) is 0 Å². The zero-order chi connectivity index (χ0) is 12.0. The summed E-state index contributed by atoms with van der Waals surface area (Å²) in [7, 11) is 0. The molecule has 88 valence electrons. The number of hydrogen-bond acceptors (Lipinski definition) is 3. The third-order valence-corrected chi connectivity index (χ3v) is 2.05. The lowest BCUT2D eigenvalue weighted by Crippen LogP contribution is -2.30. The highest BCUT2D eigenvalue weighted by atomic mass is 16.1. The Labute approximate surface area is 96.5 Å². The van der Waals surface area contributed by atoms with Crippen molar-refractivity contribution in [3.05, 3.63) is 24.0 Å². The van der Waals surface area contributed by atoms with Crippen LogP contribution < -0.4 is 10.6 Å². The third kappa shape index (κ3) is 3.53. The van der Waals surface area contributed by atoms with Gasteiger partial charge in [0, 0.05) is 25.0 Å². The number of amides is 1. The maximum absolute atomic E-state index is 11.8. The highest BCUT2D eigenvalue weighted by Gasteiger charge is 2.11. The minimum absolute atomic E-state index is 0.0818. The second kappa shape index (κ2) is 6.10. The quantitative estimate of drug-likeness (QED) is 0.800. The van der Waals surface area contributed by atoms with E-state index in [0.29, 0.717) is 5.56 Å². The summed E-state index contributed by atoms with van der Waals surface area (Å²) in [5.41, 5.74) is 1.44. The number of carbonyl (C=O) groups is 1. The summed E-state index contributed by atoms with van der Waals surface area (Å²) in [4.78, 5) is 15.8. The van der Waals surface area contributed by atoms with Gasteiger partial charge in [0.15, 0.2) is 0 Å². The van der Waals surface area contributed by atoms with Crippen LogP contribution in [-0.2, 0) is 0 Å². The standard InChI is InChI=1S/C12H19N3O/c1-4-6-14-11-5-7-13-8-10(11)12(16)15-9(2)3/h5,7-9H,4,6H2,1-3H3,(H,13,14)(H,15,16). The van der Waals surface area contributed by atoms with E-state index in [1.54, 1.807) is 12.4 Å². The smallest absolute Gasteiger partial charge is 0.255 e. The van der Waals surface area contributed by atoms with E-state index in [1.165, 1.54) is 0 Å². The van der Waals surface area contributed by atoms with Gasteiger partial charge < -0.3 is 10.6 Å². The fraction of sp³-hybridized carbons (Fsp3) is 0.500. The first-order valence-electron chi connectivity index (χ1n) is 5.64. The van der Waals surface area contributed by atoms with E-state index in [0.717, 1.165) is 18.7 Å². The lowest BCUT2D eigenvalue weighted by atomic mass is 10.2. The van der Waals surface area contributed by atoms with Gasteiger partial charge in [0.05, 0.1) is 11.3 Å². The average molecular weight is 221 g/mol. The number of hydrogen-bond donors (Lipinski definition) is 2. The van der Waals surface area contributed by atoms with E-state index in [4.69, 9.17) is 0 Å². The molecule has 0 aliphatic rings. The Hall–Kier alpha value is -1.58. The number of nitrogens with zero attached hydrogens (tertiary/aromatic N) is 1. The summed E-state index contributed by atoms with van der Waals surface area (Å²) in [5, 5.41) is 6.07. The second-order valence-electron chi connectivity index (χ2n) is 3.98. The van der Waals surface area contributed by atoms with Gasteiger partial charge in [-0.05, 0) is 26.3 Å². The molecule has 1 amide bonds. The molecule has 0 radical (unpaired) electrons. The Morgan fingerprint density at radius 2 is 2.25 bits per heavy atom. The van der Waals surface area contributed by atoms with Crippen LogP contribution in [0.3, 0.4) is 0 Å². The first-order valence-corrected chi connectivity index (χ1v) is 5.64. The molecule has 4 heteroatoms. The van der Waals surface area contributed by atoms with Crippen molar-refractivity contribution in [3.63, 3.8) is 0 Å². The normalized spacial score (nSPS) is 10.2. The predicted molar refractivity (Wildman–Crippen MR) is 65.6 cm³/mol. The molecular weight excluding hydrogens is 202 g/mol. The molecule has 16 heavy (non-hydrogen) atoms. The van der Waals surface area contributed by atoms with E-state index < -0.39 is 0 Å². The molecule has 0 aliphatic carbocycles. The highest BCUT2D eigenvalue weighted by Crippen LogP contribution is 2.13. The second-order valence-corrected chi connectivity index (χ2v) is 3.98. The number of anilines is 1. The van der Waals surface area contributed by atoms with Gasteiger partial charge in [0.2, 0.25) is 0 Å². The number of carbonyl (C=O) groups excluding carboxylic acids is 1. The first-order chi connectivity index (χ1) is 7.65. The van der Waals surface area contributed by atoms with Crippen molar-refractivity contribution in [1.82, 2.24) is 10.3 Å². The molecule has 1 heterocycles. The van der Waals surface area contributed by atoms with Crippen molar-refractivity contribution < 1.29 is 4.79 Å². The lowest BCUT2D eigenvalue weighted by Gasteiger charge is -2.12. The largest absolute Gasteiger partial charge is 0.384 e. The van der Waals surface area contributed by atoms with Crippen molar-refractivity contribution in [2.75, 3.05) is 11.9 Å². The van der Waals surface area contributed by atoms with Gasteiger partial charge in [-0.1, -0.05) is 6.92 Å². The SMILES string of the molecule is CCCNc1ccncc1C(=O)NC(C)C. The van der Waals surface area contributed by atoms with Crippen LogP contribution in [0.1, 0.15) is 37.6 Å². The summed E-state index contributed by atoms with van der Waals surface area (Å²) in [6.07, 6.45) is 4.30. The minimum atomic E-state index is -0.0818. The Bertz CT molecular complexity index is 350. The van der Waals surface area contributed by atoms with Crippen LogP contribution in [0.5, 0.6) is 0 Å². The van der Waals surface area contributed by atoms with Gasteiger partial charge in [-0.2, -0.15) is 0 Å². The molecule has 4 nitrogen and oxygen atoms in total. The topological polar surface area (TPSA) is 54.0 Å². The van der Waals surface area contributed by atoms with Crippen LogP contribution >= 0.6 is 0 Å². The van der Waals surface area contributed by atoms with Crippen molar-refractivity contribution >= 4 is 11.6 Å². The number of nitrogens with one attached hydrogen (secondary N) is 2. The maximum atomic E-state index is 11.8. The van der Waals surface area contributed by atoms with Gasteiger partial charge >= 0.3 is 0 Å². The molecule has 0 spiro atoms. The molecule has 0 bridgehead atoms. The molecule has 0 aromatic carbocycles. The summed E-state index contributed by atoms with van der Waals surface area (Å²) in [6, 6.07) is 1.96. The number of aromatic nitrogens is 1. The van der Waals surface area contributed by atoms with E-state index in [-0.39, 0.29) is 11.9 Å². The Morgan fingerprint density at radius 3 is 2.88 bits per heavy atom. The van der Waals surface area contributed by atoms with E-state index in [2.05, 4.69) is 22.5 Å². The van der Waals surface area contributed by atoms with Crippen molar-refractivity contribution in [2.24, 2.45) is 0 Å². The van der Waals surface area contributed by atoms with Crippen molar-refractivity contribution in [3.8, 4) is 0 Å². The Balaban J connectivity index is 2.81. The fourth-order valence-electron chi connectivity index (χ4n) is 1.33. The Morgan fingerprint density at radius 1 is 1.50 bits per heavy atom. The average Bonchev–Trinajstić information content (AvgIpc) is 2.25. The molecule has 0 atom stereocenters. The Kier molecular flexibility index (Phi) is 4.76. The predicted octanol–water partition coefficient (Wildman–Crippen LogP) is 2.04. The lowest BCUT2D eigenvalue weighted by molar-refractivity contribution is 0.0943. The van der Waals surface area contributed by atoms with Gasteiger partial charge in [0.1, 0.15) is 0 Å². The molecule has 0 unspecified atom stereocenters. The minimum Gasteiger partial charge on any atom is -0.384 e. The van der Waals surface area contributed by atoms with Gasteiger partial charge in [-0.15, -0.1) is 0 Å². The van der Waals surface area contributed by atoms with Crippen LogP contribution in [0.15, 0.2) is 18.5 Å². The summed E-state index contributed by atoms with van der Waals surface area (Å²) >= 11 is 0. The molecule has 0 saturated carbocycles. The molecular formula is C12H19N3O. The molecule has 1 aromatic rings. The van der Waals surface area contributed by atoms with Gasteiger partial charge in [-0.25, -0.2) is 0 Å². The summed E-state index contributed by atoms with van der Waals surface area (Å²) < 4.78 is 0. The fourth-order valence-corrected chi connectivity index (χ4v) is 1.33. The van der Waals surface area contributed by atoms with Crippen molar-refractivity contribution in [2.45, 2.75) is 33.2 Å². The molecule has 0 saturated heterocycles. The zero-order valence-electron chi connectivity index (χ0n) is 10.1. The third-order valence-electron chi connectivity index (χ3n) is 2.05. The molecule has 1 rings (SSSR count). The van der Waals surface area contributed by atoms with E-state index in [1.807, 2.05) is 19.9 Å². The molecule has 1 aromatic heterocycles. The summed E-state index contributed by atoms with van der Waals surface area (Å²) in [6.45, 7) is 6.81. The summed E-state index contributed by atoms with van der Waals surface area (Å²) in [5.74, 6) is -0.0818.